The van der Waals surface area contributed by atoms with Gasteiger partial charge in [0.15, 0.2) is 0 Å². The molecule has 3 atom stereocenters. The molecule has 3 unspecified atom stereocenters. The molecule has 0 radical (unpaired) electrons. The minimum atomic E-state index is -0.843. The number of carboxylic acids is 1. The molecule has 1 saturated heterocycles. The van der Waals surface area contributed by atoms with Gasteiger partial charge in [0, 0.05) is 18.6 Å². The van der Waals surface area contributed by atoms with Crippen molar-refractivity contribution in [3.8, 4) is 0 Å². The first-order valence-electron chi connectivity index (χ1n) is 7.69. The largest absolute Gasteiger partial charge is 0.480 e. The molecule has 0 spiro atoms. The summed E-state index contributed by atoms with van der Waals surface area (Å²) in [5, 5.41) is 12.5. The van der Waals surface area contributed by atoms with Crippen LogP contribution in [-0.2, 0) is 4.79 Å². The van der Waals surface area contributed by atoms with Crippen LogP contribution in [0.5, 0.6) is 0 Å². The Balaban J connectivity index is 2.55. The van der Waals surface area contributed by atoms with E-state index in [0.29, 0.717) is 19.0 Å². The smallest absolute Gasteiger partial charge is 0.323 e. The molecule has 20 heavy (non-hydrogen) atoms. The summed E-state index contributed by atoms with van der Waals surface area (Å²) in [5.74, 6) is -0.766. The second-order valence-corrected chi connectivity index (χ2v) is 6.44. The zero-order chi connectivity index (χ0) is 15.3. The highest BCUT2D eigenvalue weighted by Crippen LogP contribution is 2.20. The molecular weight excluding hydrogens is 254 g/mol. The van der Waals surface area contributed by atoms with E-state index in [9.17, 15) is 9.90 Å². The third-order valence-corrected chi connectivity index (χ3v) is 4.67. The van der Waals surface area contributed by atoms with Gasteiger partial charge in [0.25, 0.3) is 0 Å². The molecule has 0 aliphatic carbocycles. The predicted molar refractivity (Wildman–Crippen MR) is 82.1 cm³/mol. The summed E-state index contributed by atoms with van der Waals surface area (Å²) in [7, 11) is 4.28. The van der Waals surface area contributed by atoms with Crippen LogP contribution in [0.1, 0.15) is 40.0 Å². The first-order valence-corrected chi connectivity index (χ1v) is 7.69. The molecule has 1 fully saturated rings. The number of rotatable bonds is 8. The van der Waals surface area contributed by atoms with E-state index >= 15 is 0 Å². The fourth-order valence-electron chi connectivity index (χ4n) is 3.09. The zero-order valence-corrected chi connectivity index (χ0v) is 13.6. The number of likely N-dealkylation sites (tertiary alicyclic amines) is 1. The van der Waals surface area contributed by atoms with Crippen LogP contribution in [0.2, 0.25) is 0 Å². The van der Waals surface area contributed by atoms with Gasteiger partial charge in [-0.3, -0.25) is 4.79 Å². The van der Waals surface area contributed by atoms with E-state index in [1.807, 2.05) is 6.92 Å². The third-order valence-electron chi connectivity index (χ3n) is 4.67. The Morgan fingerprint density at radius 3 is 2.70 bits per heavy atom. The number of nitrogens with zero attached hydrogens (tertiary/aromatic N) is 2. The number of likely N-dealkylation sites (N-methyl/N-ethyl adjacent to an activating group) is 3. The van der Waals surface area contributed by atoms with E-state index in [0.717, 1.165) is 6.54 Å². The van der Waals surface area contributed by atoms with Crippen LogP contribution in [0, 0.1) is 0 Å². The van der Waals surface area contributed by atoms with Gasteiger partial charge in [-0.25, -0.2) is 0 Å². The number of carboxylic acid groups (broad SMARTS) is 1. The zero-order valence-electron chi connectivity index (χ0n) is 13.6. The molecule has 0 aromatic rings. The summed E-state index contributed by atoms with van der Waals surface area (Å²) in [5.41, 5.74) is -0.843. The average molecular weight is 285 g/mol. The Hall–Kier alpha value is -0.650. The minimum absolute atomic E-state index is 0.240. The molecule has 1 rings (SSSR count). The van der Waals surface area contributed by atoms with Crippen LogP contribution in [-0.4, -0.2) is 72.2 Å². The van der Waals surface area contributed by atoms with Crippen molar-refractivity contribution in [3.05, 3.63) is 0 Å². The highest BCUT2D eigenvalue weighted by molar-refractivity contribution is 5.78. The maximum Gasteiger partial charge on any atom is 0.323 e. The van der Waals surface area contributed by atoms with Crippen LogP contribution in [0.4, 0.5) is 0 Å². The Kier molecular flexibility index (Phi) is 6.43. The Morgan fingerprint density at radius 1 is 1.60 bits per heavy atom. The lowest BCUT2D eigenvalue weighted by molar-refractivity contribution is -0.145. The minimum Gasteiger partial charge on any atom is -0.480 e. The summed E-state index contributed by atoms with van der Waals surface area (Å²) in [6, 6.07) is 0.849. The number of hydrogen-bond acceptors (Lipinski definition) is 4. The maximum absolute atomic E-state index is 11.5. The Labute approximate surface area is 123 Å². The van der Waals surface area contributed by atoms with Gasteiger partial charge in [0.1, 0.15) is 5.54 Å². The third kappa shape index (κ3) is 4.43. The van der Waals surface area contributed by atoms with E-state index in [2.05, 4.69) is 36.1 Å². The summed E-state index contributed by atoms with van der Waals surface area (Å²) >= 11 is 0. The average Bonchev–Trinajstić information content (AvgIpc) is 2.75. The lowest BCUT2D eigenvalue weighted by atomic mass is 9.92. The van der Waals surface area contributed by atoms with Crippen molar-refractivity contribution in [2.24, 2.45) is 0 Å². The maximum atomic E-state index is 11.5. The van der Waals surface area contributed by atoms with Gasteiger partial charge in [-0.1, -0.05) is 6.92 Å². The number of carbonyl (C=O) groups is 1. The van der Waals surface area contributed by atoms with Crippen molar-refractivity contribution >= 4 is 5.97 Å². The van der Waals surface area contributed by atoms with Crippen molar-refractivity contribution in [2.45, 2.75) is 57.7 Å². The summed E-state index contributed by atoms with van der Waals surface area (Å²) in [6.45, 7) is 8.71. The number of nitrogens with one attached hydrogen (secondary N) is 1. The van der Waals surface area contributed by atoms with Crippen molar-refractivity contribution < 1.29 is 9.90 Å². The summed E-state index contributed by atoms with van der Waals surface area (Å²) in [6.07, 6.45) is 3.13. The molecule has 1 aliphatic rings. The highest BCUT2D eigenvalue weighted by Gasteiger charge is 2.35. The Morgan fingerprint density at radius 2 is 2.25 bits per heavy atom. The van der Waals surface area contributed by atoms with Gasteiger partial charge in [0.05, 0.1) is 0 Å². The van der Waals surface area contributed by atoms with Gasteiger partial charge in [-0.15, -0.1) is 0 Å². The van der Waals surface area contributed by atoms with E-state index in [-0.39, 0.29) is 6.04 Å². The molecule has 2 N–H and O–H groups in total. The van der Waals surface area contributed by atoms with Crippen molar-refractivity contribution in [2.75, 3.05) is 33.7 Å². The van der Waals surface area contributed by atoms with Crippen molar-refractivity contribution in [3.63, 3.8) is 0 Å². The molecular formula is C15H31N3O2. The van der Waals surface area contributed by atoms with Crippen LogP contribution in [0.25, 0.3) is 0 Å². The van der Waals surface area contributed by atoms with Crippen molar-refractivity contribution in [1.82, 2.24) is 15.1 Å². The summed E-state index contributed by atoms with van der Waals surface area (Å²) < 4.78 is 0. The molecule has 1 heterocycles. The van der Waals surface area contributed by atoms with Gasteiger partial charge in [-0.05, 0) is 60.3 Å². The molecule has 0 bridgehead atoms. The topological polar surface area (TPSA) is 55.8 Å². The molecule has 1 aliphatic heterocycles. The van der Waals surface area contributed by atoms with Gasteiger partial charge in [0.2, 0.25) is 0 Å². The first kappa shape index (κ1) is 17.4. The van der Waals surface area contributed by atoms with E-state index in [1.165, 1.54) is 19.4 Å². The standard InChI is InChI=1S/C15H31N3O2/c1-6-16-15(3,14(19)20)10-12(2)18(5)11-13-8-7-9-17(13)4/h12-13,16H,6-11H2,1-5H3,(H,19,20). The van der Waals surface area contributed by atoms with Crippen molar-refractivity contribution in [1.29, 1.82) is 0 Å². The molecule has 0 saturated carbocycles. The molecule has 5 heteroatoms. The van der Waals surface area contributed by atoms with Crippen LogP contribution < -0.4 is 5.32 Å². The highest BCUT2D eigenvalue weighted by atomic mass is 16.4. The molecule has 0 aromatic carbocycles. The van der Waals surface area contributed by atoms with E-state index in [4.69, 9.17) is 0 Å². The molecule has 0 amide bonds. The monoisotopic (exact) mass is 285 g/mol. The summed E-state index contributed by atoms with van der Waals surface area (Å²) in [4.78, 5) is 16.2. The second-order valence-electron chi connectivity index (χ2n) is 6.44. The molecule has 5 nitrogen and oxygen atoms in total. The van der Waals surface area contributed by atoms with Crippen LogP contribution in [0.3, 0.4) is 0 Å². The van der Waals surface area contributed by atoms with Gasteiger partial charge < -0.3 is 20.2 Å². The van der Waals surface area contributed by atoms with Crippen LogP contribution >= 0.6 is 0 Å². The Bertz CT molecular complexity index is 324. The normalized spacial score (nSPS) is 24.8. The quantitative estimate of drug-likeness (QED) is 0.703. The lowest BCUT2D eigenvalue weighted by Gasteiger charge is -2.35. The molecule has 0 aromatic heterocycles. The number of hydrogen-bond donors (Lipinski definition) is 2. The second kappa shape index (κ2) is 7.38. The van der Waals surface area contributed by atoms with E-state index < -0.39 is 11.5 Å². The van der Waals surface area contributed by atoms with E-state index in [1.54, 1.807) is 6.92 Å². The molecule has 118 valence electrons. The first-order chi connectivity index (χ1) is 9.30. The van der Waals surface area contributed by atoms with Gasteiger partial charge in [-0.2, -0.15) is 0 Å². The lowest BCUT2D eigenvalue weighted by Crippen LogP contribution is -2.53. The number of aliphatic carboxylic acids is 1. The van der Waals surface area contributed by atoms with Crippen LogP contribution in [0.15, 0.2) is 0 Å². The van der Waals surface area contributed by atoms with Gasteiger partial charge >= 0.3 is 5.97 Å². The predicted octanol–water partition coefficient (Wildman–Crippen LogP) is 1.24. The SMILES string of the molecule is CCNC(C)(CC(C)N(C)CC1CCCN1C)C(=O)O. The fourth-order valence-corrected chi connectivity index (χ4v) is 3.09. The fraction of sp³-hybridized carbons (Fsp3) is 0.933.